The SMILES string of the molecule is Cc1cc(OC2CCOC2)cc(C)c1-c1c(Cl)ccc2c1CC[C@]2(F)Oc1ccc2c(c1)OCC2C(C)C(=O)O. The molecule has 2 heterocycles. The molecule has 0 aromatic heterocycles. The molecule has 2 aliphatic heterocycles. The average Bonchev–Trinajstić information content (AvgIpc) is 3.64. The number of fused-ring (bicyclic) bond motifs is 2. The Balaban J connectivity index is 1.30. The number of carboxylic acids is 1. The second kappa shape index (κ2) is 10.3. The zero-order valence-corrected chi connectivity index (χ0v) is 23.5. The fourth-order valence-electron chi connectivity index (χ4n) is 6.26. The Kier molecular flexibility index (Phi) is 6.91. The third kappa shape index (κ3) is 4.69. The number of rotatable bonds is 7. The highest BCUT2D eigenvalue weighted by atomic mass is 35.5. The largest absolute Gasteiger partial charge is 0.492 e. The summed E-state index contributed by atoms with van der Waals surface area (Å²) < 4.78 is 39.9. The van der Waals surface area contributed by atoms with Crippen LogP contribution in [0.1, 0.15) is 53.5 Å². The summed E-state index contributed by atoms with van der Waals surface area (Å²) in [5.74, 6) is -2.10. The molecule has 3 aromatic carbocycles. The molecule has 210 valence electrons. The molecule has 3 aromatic rings. The first-order chi connectivity index (χ1) is 19.1. The second-order valence-electron chi connectivity index (χ2n) is 11.1. The lowest BCUT2D eigenvalue weighted by Crippen LogP contribution is -2.24. The van der Waals surface area contributed by atoms with E-state index in [0.717, 1.165) is 45.6 Å². The molecule has 0 amide bonds. The van der Waals surface area contributed by atoms with Gasteiger partial charge < -0.3 is 24.1 Å². The molecule has 0 spiro atoms. The number of alkyl halides is 1. The maximum atomic E-state index is 16.6. The number of ether oxygens (including phenoxy) is 4. The van der Waals surface area contributed by atoms with E-state index < -0.39 is 17.7 Å². The van der Waals surface area contributed by atoms with Crippen molar-refractivity contribution in [3.8, 4) is 28.4 Å². The number of carboxylic acid groups (broad SMARTS) is 1. The van der Waals surface area contributed by atoms with Crippen molar-refractivity contribution in [1.82, 2.24) is 0 Å². The van der Waals surface area contributed by atoms with Crippen LogP contribution in [0.5, 0.6) is 17.2 Å². The van der Waals surface area contributed by atoms with Crippen molar-refractivity contribution in [2.75, 3.05) is 19.8 Å². The van der Waals surface area contributed by atoms with Crippen LogP contribution >= 0.6 is 11.6 Å². The molecule has 40 heavy (non-hydrogen) atoms. The number of carbonyl (C=O) groups is 1. The standard InChI is InChI=1S/C32H32ClFO6/c1-17-12-22(39-21-9-11-37-15-21)13-18(2)29(17)30-24-8-10-32(34,26(24)6-7-27(30)33)40-20-4-5-23-25(19(3)31(35)36)16-38-28(23)14-20/h4-7,12-14,19,21,25H,8-11,15-16H2,1-3H3,(H,35,36)/t19?,21?,25?,32-/m0/s1. The van der Waals surface area contributed by atoms with Crippen molar-refractivity contribution >= 4 is 17.6 Å². The maximum absolute atomic E-state index is 16.6. The molecule has 1 N–H and O–H groups in total. The van der Waals surface area contributed by atoms with Gasteiger partial charge in [0.1, 0.15) is 23.4 Å². The van der Waals surface area contributed by atoms with Gasteiger partial charge in [0.25, 0.3) is 5.85 Å². The van der Waals surface area contributed by atoms with Gasteiger partial charge in [-0.3, -0.25) is 4.79 Å². The molecule has 1 saturated heterocycles. The number of aryl methyl sites for hydroxylation is 2. The van der Waals surface area contributed by atoms with Crippen LogP contribution in [0.3, 0.4) is 0 Å². The van der Waals surface area contributed by atoms with E-state index in [1.807, 2.05) is 26.0 Å². The predicted molar refractivity (Wildman–Crippen MR) is 149 cm³/mol. The molecule has 3 aliphatic rings. The van der Waals surface area contributed by atoms with Gasteiger partial charge in [-0.05, 0) is 66.8 Å². The molecule has 6 nitrogen and oxygen atoms in total. The molecule has 3 unspecified atom stereocenters. The molecule has 1 fully saturated rings. The highest BCUT2D eigenvalue weighted by molar-refractivity contribution is 6.33. The molecule has 0 saturated carbocycles. The summed E-state index contributed by atoms with van der Waals surface area (Å²) in [4.78, 5) is 11.5. The number of benzene rings is 3. The average molecular weight is 567 g/mol. The summed E-state index contributed by atoms with van der Waals surface area (Å²) in [6.07, 6.45) is 1.54. The van der Waals surface area contributed by atoms with Crippen molar-refractivity contribution in [1.29, 1.82) is 0 Å². The molecule has 0 bridgehead atoms. The lowest BCUT2D eigenvalue weighted by molar-refractivity contribution is -0.142. The summed E-state index contributed by atoms with van der Waals surface area (Å²) in [5.41, 5.74) is 5.92. The van der Waals surface area contributed by atoms with E-state index in [1.54, 1.807) is 37.3 Å². The number of hydrogen-bond donors (Lipinski definition) is 1. The monoisotopic (exact) mass is 566 g/mol. The van der Waals surface area contributed by atoms with Crippen LogP contribution in [0.2, 0.25) is 5.02 Å². The molecule has 0 radical (unpaired) electrons. The minimum Gasteiger partial charge on any atom is -0.492 e. The van der Waals surface area contributed by atoms with Crippen LogP contribution in [0, 0.1) is 19.8 Å². The van der Waals surface area contributed by atoms with Gasteiger partial charge in [-0.2, -0.15) is 4.39 Å². The van der Waals surface area contributed by atoms with Crippen molar-refractivity contribution in [3.63, 3.8) is 0 Å². The summed E-state index contributed by atoms with van der Waals surface area (Å²) >= 11 is 6.77. The lowest BCUT2D eigenvalue weighted by atomic mass is 9.89. The number of hydrogen-bond acceptors (Lipinski definition) is 5. The highest BCUT2D eigenvalue weighted by Crippen LogP contribution is 2.50. The zero-order valence-electron chi connectivity index (χ0n) is 22.8. The third-order valence-electron chi connectivity index (χ3n) is 8.38. The van der Waals surface area contributed by atoms with Crippen molar-refractivity contribution in [2.45, 2.75) is 57.9 Å². The maximum Gasteiger partial charge on any atom is 0.306 e. The Morgan fingerprint density at radius 1 is 1.10 bits per heavy atom. The Hall–Kier alpha value is -3.29. The van der Waals surface area contributed by atoms with Crippen molar-refractivity contribution in [2.24, 2.45) is 5.92 Å². The lowest BCUT2D eigenvalue weighted by Gasteiger charge is -2.24. The van der Waals surface area contributed by atoms with E-state index in [0.29, 0.717) is 41.7 Å². The van der Waals surface area contributed by atoms with Crippen LogP contribution in [-0.4, -0.2) is 37.0 Å². The fraction of sp³-hybridized carbons (Fsp3) is 0.406. The highest BCUT2D eigenvalue weighted by Gasteiger charge is 2.44. The normalized spacial score (nSPS) is 23.8. The number of halogens is 2. The molecule has 1 aliphatic carbocycles. The van der Waals surface area contributed by atoms with Crippen LogP contribution in [0.4, 0.5) is 4.39 Å². The smallest absolute Gasteiger partial charge is 0.306 e. The first-order valence-corrected chi connectivity index (χ1v) is 14.1. The van der Waals surface area contributed by atoms with E-state index in [-0.39, 0.29) is 25.0 Å². The number of aliphatic carboxylic acids is 1. The van der Waals surface area contributed by atoms with Gasteiger partial charge in [-0.1, -0.05) is 30.7 Å². The van der Waals surface area contributed by atoms with Crippen LogP contribution in [0.25, 0.3) is 11.1 Å². The van der Waals surface area contributed by atoms with Crippen LogP contribution < -0.4 is 14.2 Å². The quantitative estimate of drug-likeness (QED) is 0.328. The van der Waals surface area contributed by atoms with Crippen molar-refractivity contribution < 1.29 is 33.2 Å². The van der Waals surface area contributed by atoms with Gasteiger partial charge >= 0.3 is 5.97 Å². The van der Waals surface area contributed by atoms with Crippen LogP contribution in [-0.2, 0) is 21.8 Å². The van der Waals surface area contributed by atoms with Gasteiger partial charge in [0, 0.05) is 46.5 Å². The van der Waals surface area contributed by atoms with E-state index in [2.05, 4.69) is 0 Å². The molecule has 8 heteroatoms. The molecular formula is C32H32ClFO6. The van der Waals surface area contributed by atoms with Gasteiger partial charge in [-0.15, -0.1) is 0 Å². The first kappa shape index (κ1) is 26.9. The summed E-state index contributed by atoms with van der Waals surface area (Å²) in [6.45, 7) is 7.28. The van der Waals surface area contributed by atoms with Crippen LogP contribution in [0.15, 0.2) is 42.5 Å². The summed E-state index contributed by atoms with van der Waals surface area (Å²) in [6, 6.07) is 12.6. The minimum atomic E-state index is -2.04. The summed E-state index contributed by atoms with van der Waals surface area (Å²) in [7, 11) is 0. The van der Waals surface area contributed by atoms with Crippen molar-refractivity contribution in [3.05, 3.63) is 75.3 Å². The van der Waals surface area contributed by atoms with E-state index in [1.165, 1.54) is 0 Å². The van der Waals surface area contributed by atoms with Gasteiger partial charge in [0.05, 0.1) is 25.7 Å². The van der Waals surface area contributed by atoms with E-state index in [4.69, 9.17) is 30.5 Å². The van der Waals surface area contributed by atoms with E-state index in [9.17, 15) is 9.90 Å². The van der Waals surface area contributed by atoms with Gasteiger partial charge in [0.2, 0.25) is 0 Å². The molecule has 6 rings (SSSR count). The third-order valence-corrected chi connectivity index (χ3v) is 8.70. The second-order valence-corrected chi connectivity index (χ2v) is 11.5. The topological polar surface area (TPSA) is 74.2 Å². The molecule has 4 atom stereocenters. The van der Waals surface area contributed by atoms with Gasteiger partial charge in [-0.25, -0.2) is 0 Å². The Morgan fingerprint density at radius 3 is 2.58 bits per heavy atom. The molecular weight excluding hydrogens is 535 g/mol. The minimum absolute atomic E-state index is 0.0505. The Bertz CT molecular complexity index is 1460. The van der Waals surface area contributed by atoms with E-state index >= 15 is 4.39 Å². The summed E-state index contributed by atoms with van der Waals surface area (Å²) in [5, 5.41) is 9.98. The Labute approximate surface area is 238 Å². The van der Waals surface area contributed by atoms with Gasteiger partial charge in [0.15, 0.2) is 0 Å². The fourth-order valence-corrected chi connectivity index (χ4v) is 6.53. The first-order valence-electron chi connectivity index (χ1n) is 13.7. The Morgan fingerprint density at radius 2 is 1.88 bits per heavy atom. The predicted octanol–water partition coefficient (Wildman–Crippen LogP) is 7.14. The zero-order chi connectivity index (χ0) is 28.2.